The summed E-state index contributed by atoms with van der Waals surface area (Å²) in [6.45, 7) is 2.20. The van der Waals surface area contributed by atoms with Crippen LogP contribution in [0.1, 0.15) is 31.7 Å². The first-order valence-electron chi connectivity index (χ1n) is 5.64. The zero-order valence-corrected chi connectivity index (χ0v) is 9.45. The second-order valence-corrected chi connectivity index (χ2v) is 4.29. The lowest BCUT2D eigenvalue weighted by Gasteiger charge is -2.27. The fourth-order valence-corrected chi connectivity index (χ4v) is 1.75. The highest BCUT2D eigenvalue weighted by Crippen LogP contribution is 2.17. The monoisotopic (exact) mass is 207 g/mol. The fraction of sp³-hybridized carbons (Fsp3) is 0.538. The summed E-state index contributed by atoms with van der Waals surface area (Å²) < 4.78 is 0. The van der Waals surface area contributed by atoms with Crippen LogP contribution in [0.15, 0.2) is 30.3 Å². The van der Waals surface area contributed by atoms with E-state index in [1.807, 2.05) is 18.2 Å². The van der Waals surface area contributed by atoms with Crippen LogP contribution in [0.3, 0.4) is 0 Å². The Morgan fingerprint density at radius 1 is 1.27 bits per heavy atom. The molecule has 0 spiro atoms. The third-order valence-corrected chi connectivity index (χ3v) is 2.74. The highest BCUT2D eigenvalue weighted by molar-refractivity contribution is 5.17. The normalized spacial score (nSPS) is 14.9. The third kappa shape index (κ3) is 4.02. The van der Waals surface area contributed by atoms with Gasteiger partial charge in [0.05, 0.1) is 6.61 Å². The quantitative estimate of drug-likeness (QED) is 0.750. The number of unbranched alkanes of at least 4 members (excludes halogenated alkanes) is 1. The van der Waals surface area contributed by atoms with Gasteiger partial charge in [-0.1, -0.05) is 50.1 Å². The molecule has 0 aliphatic carbocycles. The maximum Gasteiger partial charge on any atom is 0.0614 e. The standard InChI is InChI=1S/C13H21NO/c1-2-3-9-13(14,11-15)10-12-7-5-4-6-8-12/h4-8,15H,2-3,9-11,14H2,1H3. The van der Waals surface area contributed by atoms with Crippen LogP contribution in [0, 0.1) is 0 Å². The van der Waals surface area contributed by atoms with Gasteiger partial charge in [-0.05, 0) is 18.4 Å². The SMILES string of the molecule is CCCCC(N)(CO)Cc1ccccc1. The first-order chi connectivity index (χ1) is 7.20. The van der Waals surface area contributed by atoms with Crippen LogP contribution in [-0.2, 0) is 6.42 Å². The highest BCUT2D eigenvalue weighted by Gasteiger charge is 2.23. The molecule has 1 unspecified atom stereocenters. The van der Waals surface area contributed by atoms with Gasteiger partial charge in [0.1, 0.15) is 0 Å². The van der Waals surface area contributed by atoms with Crippen molar-refractivity contribution < 1.29 is 5.11 Å². The molecule has 0 bridgehead atoms. The summed E-state index contributed by atoms with van der Waals surface area (Å²) in [5.41, 5.74) is 6.92. The average Bonchev–Trinajstić information content (AvgIpc) is 2.28. The van der Waals surface area contributed by atoms with Crippen LogP contribution < -0.4 is 5.73 Å². The molecule has 0 amide bonds. The summed E-state index contributed by atoms with van der Waals surface area (Å²) in [5.74, 6) is 0. The molecule has 0 aliphatic heterocycles. The van der Waals surface area contributed by atoms with Gasteiger partial charge in [-0.2, -0.15) is 0 Å². The minimum absolute atomic E-state index is 0.0574. The van der Waals surface area contributed by atoms with E-state index in [-0.39, 0.29) is 6.61 Å². The smallest absolute Gasteiger partial charge is 0.0614 e. The van der Waals surface area contributed by atoms with Crippen LogP contribution in [0.25, 0.3) is 0 Å². The van der Waals surface area contributed by atoms with Crippen molar-refractivity contribution in [1.29, 1.82) is 0 Å². The van der Waals surface area contributed by atoms with Crippen molar-refractivity contribution in [3.8, 4) is 0 Å². The van der Waals surface area contributed by atoms with Gasteiger partial charge >= 0.3 is 0 Å². The minimum Gasteiger partial charge on any atom is -0.394 e. The van der Waals surface area contributed by atoms with E-state index in [0.717, 1.165) is 25.7 Å². The Morgan fingerprint density at radius 2 is 1.93 bits per heavy atom. The summed E-state index contributed by atoms with van der Waals surface area (Å²) in [6.07, 6.45) is 3.83. The topological polar surface area (TPSA) is 46.2 Å². The lowest BCUT2D eigenvalue weighted by atomic mass is 9.88. The summed E-state index contributed by atoms with van der Waals surface area (Å²) >= 11 is 0. The maximum absolute atomic E-state index is 9.35. The fourth-order valence-electron chi connectivity index (χ4n) is 1.75. The molecule has 0 aromatic heterocycles. The molecule has 84 valence electrons. The number of hydrogen-bond donors (Lipinski definition) is 2. The Labute approximate surface area is 92.1 Å². The van der Waals surface area contributed by atoms with Gasteiger partial charge in [0.2, 0.25) is 0 Å². The van der Waals surface area contributed by atoms with Crippen molar-refractivity contribution in [2.75, 3.05) is 6.61 Å². The van der Waals surface area contributed by atoms with E-state index in [1.54, 1.807) is 0 Å². The molecule has 2 nitrogen and oxygen atoms in total. The summed E-state index contributed by atoms with van der Waals surface area (Å²) in [7, 11) is 0. The van der Waals surface area contributed by atoms with E-state index in [2.05, 4.69) is 19.1 Å². The first kappa shape index (κ1) is 12.2. The minimum atomic E-state index is -0.447. The van der Waals surface area contributed by atoms with Gasteiger partial charge in [0, 0.05) is 5.54 Å². The Hall–Kier alpha value is -0.860. The van der Waals surface area contributed by atoms with Gasteiger partial charge in [0.25, 0.3) is 0 Å². The third-order valence-electron chi connectivity index (χ3n) is 2.74. The molecule has 0 heterocycles. The van der Waals surface area contributed by atoms with E-state index in [4.69, 9.17) is 5.73 Å². The molecule has 0 aliphatic rings. The Morgan fingerprint density at radius 3 is 2.47 bits per heavy atom. The van der Waals surface area contributed by atoms with E-state index >= 15 is 0 Å². The Balaban J connectivity index is 2.59. The molecule has 1 aromatic carbocycles. The predicted molar refractivity (Wildman–Crippen MR) is 63.7 cm³/mol. The van der Waals surface area contributed by atoms with E-state index in [0.29, 0.717) is 0 Å². The van der Waals surface area contributed by atoms with Gasteiger partial charge in [-0.15, -0.1) is 0 Å². The lowest BCUT2D eigenvalue weighted by molar-refractivity contribution is 0.183. The van der Waals surface area contributed by atoms with Crippen molar-refractivity contribution in [1.82, 2.24) is 0 Å². The molecule has 1 aromatic rings. The maximum atomic E-state index is 9.35. The molecule has 3 N–H and O–H groups in total. The van der Waals surface area contributed by atoms with Gasteiger partial charge < -0.3 is 10.8 Å². The predicted octanol–water partition coefficient (Wildman–Crippen LogP) is 2.11. The molecule has 15 heavy (non-hydrogen) atoms. The molecule has 0 saturated carbocycles. The van der Waals surface area contributed by atoms with Crippen LogP contribution in [-0.4, -0.2) is 17.3 Å². The molecule has 2 heteroatoms. The summed E-state index contributed by atoms with van der Waals surface area (Å²) in [5, 5.41) is 9.35. The average molecular weight is 207 g/mol. The number of benzene rings is 1. The van der Waals surface area contributed by atoms with E-state index in [1.165, 1.54) is 5.56 Å². The van der Waals surface area contributed by atoms with Crippen molar-refractivity contribution >= 4 is 0 Å². The Bertz CT molecular complexity index is 273. The number of hydrogen-bond acceptors (Lipinski definition) is 2. The van der Waals surface area contributed by atoms with E-state index < -0.39 is 5.54 Å². The van der Waals surface area contributed by atoms with Crippen LogP contribution >= 0.6 is 0 Å². The molecule has 0 saturated heterocycles. The highest BCUT2D eigenvalue weighted by atomic mass is 16.3. The first-order valence-corrected chi connectivity index (χ1v) is 5.64. The van der Waals surface area contributed by atoms with Crippen LogP contribution in [0.2, 0.25) is 0 Å². The molecular formula is C13H21NO. The molecule has 1 rings (SSSR count). The largest absolute Gasteiger partial charge is 0.394 e. The second-order valence-electron chi connectivity index (χ2n) is 4.29. The summed E-state index contributed by atoms with van der Waals surface area (Å²) in [6, 6.07) is 10.1. The lowest BCUT2D eigenvalue weighted by Crippen LogP contribution is -2.45. The Kier molecular flexibility index (Phi) is 4.79. The van der Waals surface area contributed by atoms with Crippen LogP contribution in [0.4, 0.5) is 0 Å². The van der Waals surface area contributed by atoms with Crippen LogP contribution in [0.5, 0.6) is 0 Å². The number of rotatable bonds is 6. The van der Waals surface area contributed by atoms with Crippen molar-refractivity contribution in [2.24, 2.45) is 5.73 Å². The molecule has 0 fully saturated rings. The summed E-state index contributed by atoms with van der Waals surface area (Å²) in [4.78, 5) is 0. The van der Waals surface area contributed by atoms with Crippen molar-refractivity contribution in [3.63, 3.8) is 0 Å². The van der Waals surface area contributed by atoms with Gasteiger partial charge in [-0.3, -0.25) is 0 Å². The van der Waals surface area contributed by atoms with Crippen molar-refractivity contribution in [3.05, 3.63) is 35.9 Å². The molecule has 0 radical (unpaired) electrons. The zero-order chi connectivity index (χ0) is 11.1. The number of aliphatic hydroxyl groups excluding tert-OH is 1. The van der Waals surface area contributed by atoms with Crippen molar-refractivity contribution in [2.45, 2.75) is 38.1 Å². The second kappa shape index (κ2) is 5.89. The molecule has 1 atom stereocenters. The number of aliphatic hydroxyl groups is 1. The molecular weight excluding hydrogens is 186 g/mol. The van der Waals surface area contributed by atoms with Gasteiger partial charge in [-0.25, -0.2) is 0 Å². The number of nitrogens with two attached hydrogens (primary N) is 1. The zero-order valence-electron chi connectivity index (χ0n) is 9.45. The van der Waals surface area contributed by atoms with E-state index in [9.17, 15) is 5.11 Å². The van der Waals surface area contributed by atoms with Gasteiger partial charge in [0.15, 0.2) is 0 Å².